The van der Waals surface area contributed by atoms with Crippen molar-refractivity contribution in [3.63, 3.8) is 0 Å². The minimum absolute atomic E-state index is 0.0354. The third-order valence-corrected chi connectivity index (χ3v) is 6.35. The lowest BCUT2D eigenvalue weighted by atomic mass is 10.0. The van der Waals surface area contributed by atoms with Gasteiger partial charge in [-0.3, -0.25) is 0 Å². The number of carbonyl (C=O) groups excluding carboxylic acids is 3. The summed E-state index contributed by atoms with van der Waals surface area (Å²) in [5.41, 5.74) is 1.83. The minimum Gasteiger partial charge on any atom is -0.494 e. The highest BCUT2D eigenvalue weighted by atomic mass is 16.6. The van der Waals surface area contributed by atoms with Crippen molar-refractivity contribution < 1.29 is 33.3 Å². The quantitative estimate of drug-likeness (QED) is 0.101. The standard InChI is InChI=1S/C32H38O7/c1-3-36-30(33)21-14-25-12-17-28(18-13-25)38-32(35)26-15-19-27(20-16-26)37-22-10-8-6-4-5-7-9-11-29-23-24(2)31(34)39-29/h12-21,29H,2-11,22-23H2,1H3/b21-14+. The topological polar surface area (TPSA) is 88.1 Å². The summed E-state index contributed by atoms with van der Waals surface area (Å²) in [5, 5.41) is 0. The number of esters is 3. The highest BCUT2D eigenvalue weighted by molar-refractivity contribution is 5.91. The summed E-state index contributed by atoms with van der Waals surface area (Å²) in [7, 11) is 0. The van der Waals surface area contributed by atoms with Crippen molar-refractivity contribution in [2.45, 2.75) is 70.8 Å². The Bertz CT molecular complexity index is 1100. The van der Waals surface area contributed by atoms with E-state index in [4.69, 9.17) is 18.9 Å². The van der Waals surface area contributed by atoms with Crippen LogP contribution in [-0.4, -0.2) is 37.2 Å². The van der Waals surface area contributed by atoms with Crippen molar-refractivity contribution in [3.05, 3.63) is 77.9 Å². The average Bonchev–Trinajstić information content (AvgIpc) is 3.26. The molecule has 1 fully saturated rings. The molecule has 0 bridgehead atoms. The van der Waals surface area contributed by atoms with Gasteiger partial charge in [-0.1, -0.05) is 50.8 Å². The number of unbranched alkanes of at least 4 members (excludes halogenated alkanes) is 6. The monoisotopic (exact) mass is 534 g/mol. The molecule has 1 aliphatic heterocycles. The maximum atomic E-state index is 12.5. The van der Waals surface area contributed by atoms with E-state index < -0.39 is 11.9 Å². The van der Waals surface area contributed by atoms with Gasteiger partial charge in [0.2, 0.25) is 0 Å². The summed E-state index contributed by atoms with van der Waals surface area (Å²) < 4.78 is 21.4. The Morgan fingerprint density at radius 3 is 2.21 bits per heavy atom. The van der Waals surface area contributed by atoms with Gasteiger partial charge in [-0.05, 0) is 74.2 Å². The Morgan fingerprint density at radius 2 is 1.56 bits per heavy atom. The van der Waals surface area contributed by atoms with Crippen LogP contribution in [-0.2, 0) is 19.1 Å². The molecular formula is C32H38O7. The van der Waals surface area contributed by atoms with Crippen LogP contribution in [0.2, 0.25) is 0 Å². The fourth-order valence-electron chi connectivity index (χ4n) is 4.20. The van der Waals surface area contributed by atoms with E-state index in [-0.39, 0.29) is 12.1 Å². The Hall–Kier alpha value is -3.87. The van der Waals surface area contributed by atoms with E-state index in [9.17, 15) is 14.4 Å². The van der Waals surface area contributed by atoms with E-state index in [1.807, 2.05) is 0 Å². The molecule has 7 nitrogen and oxygen atoms in total. The van der Waals surface area contributed by atoms with Crippen molar-refractivity contribution in [2.24, 2.45) is 0 Å². The normalized spacial score (nSPS) is 14.8. The van der Waals surface area contributed by atoms with E-state index in [2.05, 4.69) is 6.58 Å². The van der Waals surface area contributed by atoms with Crippen molar-refractivity contribution in [1.82, 2.24) is 0 Å². The molecule has 7 heteroatoms. The van der Waals surface area contributed by atoms with Gasteiger partial charge in [-0.2, -0.15) is 0 Å². The zero-order valence-corrected chi connectivity index (χ0v) is 22.7. The summed E-state index contributed by atoms with van der Waals surface area (Å²) in [6.07, 6.45) is 12.5. The molecule has 0 N–H and O–H groups in total. The molecule has 0 amide bonds. The molecule has 0 radical (unpaired) electrons. The van der Waals surface area contributed by atoms with Crippen molar-refractivity contribution >= 4 is 24.0 Å². The minimum atomic E-state index is -0.453. The average molecular weight is 535 g/mol. The maximum absolute atomic E-state index is 12.5. The predicted octanol–water partition coefficient (Wildman–Crippen LogP) is 6.85. The van der Waals surface area contributed by atoms with Crippen LogP contribution in [0.1, 0.15) is 80.6 Å². The summed E-state index contributed by atoms with van der Waals surface area (Å²) in [6, 6.07) is 13.8. The Kier molecular flexibility index (Phi) is 12.3. The molecular weight excluding hydrogens is 496 g/mol. The van der Waals surface area contributed by atoms with E-state index >= 15 is 0 Å². The highest BCUT2D eigenvalue weighted by Gasteiger charge is 2.26. The molecule has 0 aromatic heterocycles. The van der Waals surface area contributed by atoms with Gasteiger partial charge < -0.3 is 18.9 Å². The number of cyclic esters (lactones) is 1. The number of hydrogen-bond acceptors (Lipinski definition) is 7. The first kappa shape index (κ1) is 29.7. The molecule has 1 unspecified atom stereocenters. The molecule has 208 valence electrons. The SMILES string of the molecule is C=C1CC(CCCCCCCCCOc2ccc(C(=O)Oc3ccc(/C=C/C(=O)OCC)cc3)cc2)OC1=O. The fraction of sp³-hybridized carbons (Fsp3) is 0.406. The fourth-order valence-corrected chi connectivity index (χ4v) is 4.20. The zero-order valence-electron chi connectivity index (χ0n) is 22.7. The lowest BCUT2D eigenvalue weighted by Gasteiger charge is -2.09. The molecule has 3 rings (SSSR count). The number of hydrogen-bond donors (Lipinski definition) is 0. The largest absolute Gasteiger partial charge is 0.494 e. The molecule has 2 aromatic carbocycles. The summed E-state index contributed by atoms with van der Waals surface area (Å²) in [4.78, 5) is 35.2. The van der Waals surface area contributed by atoms with Crippen molar-refractivity contribution in [2.75, 3.05) is 13.2 Å². The molecule has 0 spiro atoms. The first-order chi connectivity index (χ1) is 18.9. The number of ether oxygens (including phenoxy) is 4. The summed E-state index contributed by atoms with van der Waals surface area (Å²) >= 11 is 0. The lowest BCUT2D eigenvalue weighted by molar-refractivity contribution is -0.139. The van der Waals surface area contributed by atoms with Crippen LogP contribution in [0.4, 0.5) is 0 Å². The smallest absolute Gasteiger partial charge is 0.343 e. The van der Waals surface area contributed by atoms with Crippen LogP contribution in [0.25, 0.3) is 6.08 Å². The highest BCUT2D eigenvalue weighted by Crippen LogP contribution is 2.23. The van der Waals surface area contributed by atoms with Gasteiger partial charge in [0.25, 0.3) is 0 Å². The van der Waals surface area contributed by atoms with E-state index in [0.29, 0.717) is 36.5 Å². The third kappa shape index (κ3) is 10.8. The second kappa shape index (κ2) is 16.2. The molecule has 1 heterocycles. The molecule has 0 aliphatic carbocycles. The Balaban J connectivity index is 1.25. The van der Waals surface area contributed by atoms with Crippen LogP contribution in [0.15, 0.2) is 66.8 Å². The van der Waals surface area contributed by atoms with Crippen LogP contribution in [0, 0.1) is 0 Å². The number of benzene rings is 2. The maximum Gasteiger partial charge on any atom is 0.343 e. The van der Waals surface area contributed by atoms with E-state index in [1.165, 1.54) is 25.3 Å². The second-order valence-corrected chi connectivity index (χ2v) is 9.52. The van der Waals surface area contributed by atoms with E-state index in [0.717, 1.165) is 43.4 Å². The van der Waals surface area contributed by atoms with Gasteiger partial charge in [-0.15, -0.1) is 0 Å². The van der Waals surface area contributed by atoms with Crippen LogP contribution in [0.3, 0.4) is 0 Å². The first-order valence-electron chi connectivity index (χ1n) is 13.7. The van der Waals surface area contributed by atoms with Crippen LogP contribution < -0.4 is 9.47 Å². The second-order valence-electron chi connectivity index (χ2n) is 9.52. The molecule has 1 saturated heterocycles. The van der Waals surface area contributed by atoms with Crippen molar-refractivity contribution in [1.29, 1.82) is 0 Å². The van der Waals surface area contributed by atoms with Gasteiger partial charge in [0.05, 0.1) is 18.8 Å². The predicted molar refractivity (Wildman–Crippen MR) is 150 cm³/mol. The number of rotatable bonds is 16. The first-order valence-corrected chi connectivity index (χ1v) is 13.7. The Labute approximate surface area is 230 Å². The third-order valence-electron chi connectivity index (χ3n) is 6.35. The van der Waals surface area contributed by atoms with Gasteiger partial charge in [0.1, 0.15) is 17.6 Å². The summed E-state index contributed by atoms with van der Waals surface area (Å²) in [6.45, 7) is 6.44. The van der Waals surface area contributed by atoms with Crippen LogP contribution in [0.5, 0.6) is 11.5 Å². The molecule has 39 heavy (non-hydrogen) atoms. The molecule has 2 aromatic rings. The van der Waals surface area contributed by atoms with Gasteiger partial charge >= 0.3 is 17.9 Å². The van der Waals surface area contributed by atoms with E-state index in [1.54, 1.807) is 61.5 Å². The van der Waals surface area contributed by atoms with Gasteiger partial charge in [-0.25, -0.2) is 14.4 Å². The van der Waals surface area contributed by atoms with Gasteiger partial charge in [0, 0.05) is 18.1 Å². The van der Waals surface area contributed by atoms with Gasteiger partial charge in [0.15, 0.2) is 0 Å². The molecule has 1 atom stereocenters. The summed E-state index contributed by atoms with van der Waals surface area (Å²) in [5.74, 6) is 0.0500. The van der Waals surface area contributed by atoms with Crippen molar-refractivity contribution in [3.8, 4) is 11.5 Å². The Morgan fingerprint density at radius 1 is 0.923 bits per heavy atom. The lowest BCUT2D eigenvalue weighted by Crippen LogP contribution is -2.08. The molecule has 1 aliphatic rings. The zero-order chi connectivity index (χ0) is 27.9. The molecule has 0 saturated carbocycles. The number of carbonyl (C=O) groups is 3. The van der Waals surface area contributed by atoms with Crippen LogP contribution >= 0.6 is 0 Å².